The van der Waals surface area contributed by atoms with Crippen molar-refractivity contribution in [2.24, 2.45) is 11.3 Å². The van der Waals surface area contributed by atoms with Crippen LogP contribution >= 0.6 is 0 Å². The van der Waals surface area contributed by atoms with Gasteiger partial charge in [0.15, 0.2) is 9.84 Å². The smallest absolute Gasteiger partial charge is 0.150 e. The molecular formula is C12H23NO3S. The molecule has 0 aromatic rings. The number of hydrogen-bond acceptors (Lipinski definition) is 4. The summed E-state index contributed by atoms with van der Waals surface area (Å²) in [5.41, 5.74) is 0.261. The molecule has 4 nitrogen and oxygen atoms in total. The van der Waals surface area contributed by atoms with Crippen molar-refractivity contribution < 1.29 is 13.2 Å². The molecule has 0 bridgehead atoms. The van der Waals surface area contributed by atoms with Crippen LogP contribution in [-0.2, 0) is 14.6 Å². The predicted molar refractivity (Wildman–Crippen MR) is 67.8 cm³/mol. The predicted octanol–water partition coefficient (Wildman–Crippen LogP) is 0.827. The number of nitrogens with one attached hydrogen (secondary N) is 1. The fraction of sp³-hybridized carbons (Fsp3) is 1.00. The average molecular weight is 261 g/mol. The van der Waals surface area contributed by atoms with Crippen LogP contribution < -0.4 is 5.32 Å². The Balaban J connectivity index is 1.87. The van der Waals surface area contributed by atoms with Gasteiger partial charge in [0.1, 0.15) is 0 Å². The third kappa shape index (κ3) is 3.01. The molecule has 0 aromatic heterocycles. The third-order valence-electron chi connectivity index (χ3n) is 4.33. The molecule has 0 aromatic carbocycles. The first kappa shape index (κ1) is 13.3. The summed E-state index contributed by atoms with van der Waals surface area (Å²) in [6.07, 6.45) is 4.24. The van der Waals surface area contributed by atoms with Crippen molar-refractivity contribution in [1.29, 1.82) is 0 Å². The van der Waals surface area contributed by atoms with Gasteiger partial charge in [-0.15, -0.1) is 0 Å². The monoisotopic (exact) mass is 261 g/mol. The Morgan fingerprint density at radius 3 is 2.59 bits per heavy atom. The second kappa shape index (κ2) is 5.24. The molecular weight excluding hydrogens is 238 g/mol. The Morgan fingerprint density at radius 1 is 1.35 bits per heavy atom. The lowest BCUT2D eigenvalue weighted by Crippen LogP contribution is -2.57. The van der Waals surface area contributed by atoms with Crippen LogP contribution in [-0.4, -0.2) is 46.7 Å². The number of unbranched alkanes of at least 4 members (excludes halogenated alkanes) is 1. The molecule has 0 radical (unpaired) electrons. The summed E-state index contributed by atoms with van der Waals surface area (Å²) in [5.74, 6) is 1.20. The fourth-order valence-electron chi connectivity index (χ4n) is 3.12. The summed E-state index contributed by atoms with van der Waals surface area (Å²) in [6.45, 7) is 2.81. The molecule has 0 spiro atoms. The SMILES string of the molecule is COCCCCC1(C2CCS(=O)(=O)C2)CNC1. The molecule has 2 fully saturated rings. The first-order valence-corrected chi connectivity index (χ1v) is 8.30. The van der Waals surface area contributed by atoms with Crippen molar-refractivity contribution in [3.63, 3.8) is 0 Å². The van der Waals surface area contributed by atoms with Crippen molar-refractivity contribution in [2.75, 3.05) is 38.3 Å². The van der Waals surface area contributed by atoms with E-state index in [1.807, 2.05) is 0 Å². The van der Waals surface area contributed by atoms with Gasteiger partial charge in [0.05, 0.1) is 11.5 Å². The molecule has 2 aliphatic heterocycles. The van der Waals surface area contributed by atoms with Crippen molar-refractivity contribution in [3.05, 3.63) is 0 Å². The van der Waals surface area contributed by atoms with Gasteiger partial charge in [-0.1, -0.05) is 6.42 Å². The Labute approximate surface area is 104 Å². The van der Waals surface area contributed by atoms with Crippen LogP contribution in [0, 0.1) is 11.3 Å². The lowest BCUT2D eigenvalue weighted by atomic mass is 9.67. The standard InChI is InChI=1S/C12H23NO3S/c1-16-6-3-2-5-12(9-13-10-12)11-4-7-17(14,15)8-11/h11,13H,2-10H2,1H3. The van der Waals surface area contributed by atoms with E-state index in [2.05, 4.69) is 5.32 Å². The van der Waals surface area contributed by atoms with Crippen molar-refractivity contribution in [3.8, 4) is 0 Å². The Morgan fingerprint density at radius 2 is 2.12 bits per heavy atom. The molecule has 1 N–H and O–H groups in total. The minimum Gasteiger partial charge on any atom is -0.385 e. The largest absolute Gasteiger partial charge is 0.385 e. The first-order chi connectivity index (χ1) is 8.08. The molecule has 5 heteroatoms. The molecule has 1 atom stereocenters. The fourth-order valence-corrected chi connectivity index (χ4v) is 5.06. The van der Waals surface area contributed by atoms with E-state index in [-0.39, 0.29) is 5.41 Å². The number of hydrogen-bond donors (Lipinski definition) is 1. The van der Waals surface area contributed by atoms with E-state index < -0.39 is 9.84 Å². The Bertz CT molecular complexity index is 349. The van der Waals surface area contributed by atoms with E-state index in [0.717, 1.165) is 45.4 Å². The second-order valence-corrected chi connectivity index (χ2v) is 7.74. The van der Waals surface area contributed by atoms with Gasteiger partial charge in [0, 0.05) is 26.8 Å². The van der Waals surface area contributed by atoms with E-state index in [4.69, 9.17) is 4.74 Å². The van der Waals surface area contributed by atoms with Gasteiger partial charge >= 0.3 is 0 Å². The van der Waals surface area contributed by atoms with Crippen LogP contribution in [0.4, 0.5) is 0 Å². The maximum Gasteiger partial charge on any atom is 0.150 e. The van der Waals surface area contributed by atoms with Gasteiger partial charge in [0.25, 0.3) is 0 Å². The maximum absolute atomic E-state index is 11.6. The minimum absolute atomic E-state index is 0.261. The van der Waals surface area contributed by atoms with Gasteiger partial charge < -0.3 is 10.1 Å². The molecule has 2 aliphatic rings. The molecule has 0 amide bonds. The highest BCUT2D eigenvalue weighted by atomic mass is 32.2. The van der Waals surface area contributed by atoms with E-state index >= 15 is 0 Å². The highest BCUT2D eigenvalue weighted by Gasteiger charge is 2.47. The van der Waals surface area contributed by atoms with Gasteiger partial charge in [-0.2, -0.15) is 0 Å². The van der Waals surface area contributed by atoms with Crippen LogP contribution in [0.1, 0.15) is 25.7 Å². The highest BCUT2D eigenvalue weighted by Crippen LogP contribution is 2.42. The van der Waals surface area contributed by atoms with Crippen molar-refractivity contribution >= 4 is 9.84 Å². The molecule has 2 heterocycles. The molecule has 2 rings (SSSR count). The molecule has 1 unspecified atom stereocenters. The van der Waals surface area contributed by atoms with Gasteiger partial charge in [-0.3, -0.25) is 0 Å². The number of rotatable bonds is 6. The van der Waals surface area contributed by atoms with E-state index in [1.165, 1.54) is 0 Å². The summed E-state index contributed by atoms with van der Waals surface area (Å²) >= 11 is 0. The maximum atomic E-state index is 11.6. The van der Waals surface area contributed by atoms with E-state index in [9.17, 15) is 8.42 Å². The highest BCUT2D eigenvalue weighted by molar-refractivity contribution is 7.91. The molecule has 2 saturated heterocycles. The normalized spacial score (nSPS) is 30.1. The van der Waals surface area contributed by atoms with Gasteiger partial charge in [-0.25, -0.2) is 8.42 Å². The number of methoxy groups -OCH3 is 1. The lowest BCUT2D eigenvalue weighted by Gasteiger charge is -2.47. The van der Waals surface area contributed by atoms with Crippen LogP contribution in [0.5, 0.6) is 0 Å². The quantitative estimate of drug-likeness (QED) is 0.720. The third-order valence-corrected chi connectivity index (χ3v) is 6.09. The molecule has 0 saturated carbocycles. The molecule has 100 valence electrons. The zero-order valence-corrected chi connectivity index (χ0v) is 11.4. The van der Waals surface area contributed by atoms with E-state index in [0.29, 0.717) is 17.4 Å². The second-order valence-electron chi connectivity index (χ2n) is 5.52. The number of sulfone groups is 1. The number of ether oxygens (including phenoxy) is 1. The summed E-state index contributed by atoms with van der Waals surface area (Å²) in [6, 6.07) is 0. The summed E-state index contributed by atoms with van der Waals surface area (Å²) in [7, 11) is -1.02. The van der Waals surface area contributed by atoms with Crippen molar-refractivity contribution in [2.45, 2.75) is 25.7 Å². The van der Waals surface area contributed by atoms with Crippen LogP contribution in [0.15, 0.2) is 0 Å². The van der Waals surface area contributed by atoms with Crippen molar-refractivity contribution in [1.82, 2.24) is 5.32 Å². The zero-order chi connectivity index (χ0) is 12.4. The zero-order valence-electron chi connectivity index (χ0n) is 10.6. The van der Waals surface area contributed by atoms with E-state index in [1.54, 1.807) is 7.11 Å². The van der Waals surface area contributed by atoms with Crippen LogP contribution in [0.2, 0.25) is 0 Å². The Hall–Kier alpha value is -0.130. The van der Waals surface area contributed by atoms with Crippen LogP contribution in [0.3, 0.4) is 0 Å². The molecule has 0 aliphatic carbocycles. The topological polar surface area (TPSA) is 55.4 Å². The Kier molecular flexibility index (Phi) is 4.10. The summed E-state index contributed by atoms with van der Waals surface area (Å²) in [5, 5.41) is 3.32. The first-order valence-electron chi connectivity index (χ1n) is 6.48. The summed E-state index contributed by atoms with van der Waals surface area (Å²) in [4.78, 5) is 0. The minimum atomic E-state index is -2.74. The summed E-state index contributed by atoms with van der Waals surface area (Å²) < 4.78 is 28.2. The lowest BCUT2D eigenvalue weighted by molar-refractivity contribution is 0.0735. The van der Waals surface area contributed by atoms with Gasteiger partial charge in [-0.05, 0) is 30.6 Å². The van der Waals surface area contributed by atoms with Crippen LogP contribution in [0.25, 0.3) is 0 Å². The van der Waals surface area contributed by atoms with Gasteiger partial charge in [0.2, 0.25) is 0 Å². The average Bonchev–Trinajstić information content (AvgIpc) is 2.57. The molecule has 17 heavy (non-hydrogen) atoms.